The van der Waals surface area contributed by atoms with Crippen LogP contribution in [0.3, 0.4) is 0 Å². The molecule has 0 amide bonds. The highest BCUT2D eigenvalue weighted by Gasteiger charge is 2.29. The molecule has 1 unspecified atom stereocenters. The Hall–Kier alpha value is -1.60. The summed E-state index contributed by atoms with van der Waals surface area (Å²) in [6.07, 6.45) is 1.03. The predicted molar refractivity (Wildman–Crippen MR) is 81.6 cm³/mol. The highest BCUT2D eigenvalue weighted by Crippen LogP contribution is 2.48. The Balaban J connectivity index is 2.29. The topological polar surface area (TPSA) is 26.0 Å². The Morgan fingerprint density at radius 3 is 2.53 bits per heavy atom. The van der Waals surface area contributed by atoms with Crippen LogP contribution in [0.25, 0.3) is 11.1 Å². The molecular formula is C18H21N. The third-order valence-corrected chi connectivity index (χ3v) is 4.45. The van der Waals surface area contributed by atoms with Gasteiger partial charge in [-0.1, -0.05) is 35.9 Å². The van der Waals surface area contributed by atoms with Gasteiger partial charge in [0.1, 0.15) is 0 Å². The summed E-state index contributed by atoms with van der Waals surface area (Å²) in [6, 6.07) is 11.4. The zero-order chi connectivity index (χ0) is 13.6. The Morgan fingerprint density at radius 2 is 1.79 bits per heavy atom. The van der Waals surface area contributed by atoms with Gasteiger partial charge >= 0.3 is 0 Å². The highest BCUT2D eigenvalue weighted by atomic mass is 14.5. The van der Waals surface area contributed by atoms with Crippen LogP contribution in [0.1, 0.15) is 40.2 Å². The molecule has 0 heterocycles. The average molecular weight is 251 g/mol. The molecule has 0 saturated carbocycles. The molecule has 1 heteroatoms. The van der Waals surface area contributed by atoms with Crippen molar-refractivity contribution in [1.29, 1.82) is 0 Å². The second-order valence-electron chi connectivity index (χ2n) is 5.69. The summed E-state index contributed by atoms with van der Waals surface area (Å²) in [5.74, 6) is 0.481. The average Bonchev–Trinajstić information content (AvgIpc) is 2.69. The SMILES string of the molecule is Cc1ccc2c(c1)C(CCN)c1ccc(C)c(C)c1-2. The van der Waals surface area contributed by atoms with Gasteiger partial charge in [0.05, 0.1) is 0 Å². The second-order valence-corrected chi connectivity index (χ2v) is 5.69. The molecule has 1 aliphatic carbocycles. The quantitative estimate of drug-likeness (QED) is 0.855. The van der Waals surface area contributed by atoms with Crippen molar-refractivity contribution in [2.45, 2.75) is 33.1 Å². The first-order valence-corrected chi connectivity index (χ1v) is 7.04. The van der Waals surface area contributed by atoms with E-state index in [9.17, 15) is 0 Å². The van der Waals surface area contributed by atoms with Crippen molar-refractivity contribution in [1.82, 2.24) is 0 Å². The fraction of sp³-hybridized carbons (Fsp3) is 0.333. The van der Waals surface area contributed by atoms with E-state index in [1.165, 1.54) is 38.9 Å². The van der Waals surface area contributed by atoms with Crippen molar-refractivity contribution in [2.24, 2.45) is 5.73 Å². The molecule has 0 spiro atoms. The Kier molecular flexibility index (Phi) is 2.94. The van der Waals surface area contributed by atoms with E-state index in [1.807, 2.05) is 0 Å². The van der Waals surface area contributed by atoms with Gasteiger partial charge in [0, 0.05) is 5.92 Å². The first kappa shape index (κ1) is 12.4. The van der Waals surface area contributed by atoms with E-state index in [0.717, 1.165) is 13.0 Å². The summed E-state index contributed by atoms with van der Waals surface area (Å²) < 4.78 is 0. The minimum atomic E-state index is 0.481. The molecule has 19 heavy (non-hydrogen) atoms. The molecule has 0 bridgehead atoms. The van der Waals surface area contributed by atoms with Crippen LogP contribution >= 0.6 is 0 Å². The summed E-state index contributed by atoms with van der Waals surface area (Å²) in [5.41, 5.74) is 15.8. The number of benzene rings is 2. The molecule has 1 atom stereocenters. The molecule has 0 aromatic heterocycles. The zero-order valence-corrected chi connectivity index (χ0v) is 12.0. The van der Waals surface area contributed by atoms with Gasteiger partial charge in [-0.15, -0.1) is 0 Å². The van der Waals surface area contributed by atoms with Crippen molar-refractivity contribution in [3.8, 4) is 11.1 Å². The van der Waals surface area contributed by atoms with E-state index >= 15 is 0 Å². The van der Waals surface area contributed by atoms with E-state index < -0.39 is 0 Å². The molecule has 2 aromatic carbocycles. The molecule has 0 radical (unpaired) electrons. The third-order valence-electron chi connectivity index (χ3n) is 4.45. The zero-order valence-electron chi connectivity index (χ0n) is 12.0. The third kappa shape index (κ3) is 1.81. The van der Waals surface area contributed by atoms with Gasteiger partial charge in [-0.05, 0) is 67.1 Å². The van der Waals surface area contributed by atoms with E-state index in [0.29, 0.717) is 5.92 Å². The molecular weight excluding hydrogens is 230 g/mol. The summed E-state index contributed by atoms with van der Waals surface area (Å²) in [5, 5.41) is 0. The first-order valence-electron chi connectivity index (χ1n) is 7.04. The monoisotopic (exact) mass is 251 g/mol. The number of nitrogens with two attached hydrogens (primary N) is 1. The Labute approximate surface area is 115 Å². The van der Waals surface area contributed by atoms with Gasteiger partial charge in [-0.25, -0.2) is 0 Å². The van der Waals surface area contributed by atoms with E-state index in [-0.39, 0.29) is 0 Å². The lowest BCUT2D eigenvalue weighted by atomic mass is 9.91. The van der Waals surface area contributed by atoms with Crippen molar-refractivity contribution < 1.29 is 0 Å². The fourth-order valence-corrected chi connectivity index (χ4v) is 3.33. The molecule has 2 N–H and O–H groups in total. The second kappa shape index (κ2) is 4.50. The van der Waals surface area contributed by atoms with Crippen molar-refractivity contribution in [3.63, 3.8) is 0 Å². The standard InChI is InChI=1S/C18H21N/c1-11-4-6-16-17(10-11)14(8-9-19)15-7-5-12(2)13(3)18(15)16/h4-7,10,14H,8-9,19H2,1-3H3. The van der Waals surface area contributed by atoms with Crippen LogP contribution in [0.15, 0.2) is 30.3 Å². The van der Waals surface area contributed by atoms with Crippen LogP contribution < -0.4 is 5.73 Å². The Bertz CT molecular complexity index is 640. The van der Waals surface area contributed by atoms with E-state index in [1.54, 1.807) is 0 Å². The Morgan fingerprint density at radius 1 is 1.00 bits per heavy atom. The molecule has 3 rings (SSSR count). The smallest absolute Gasteiger partial charge is 0.0114 e. The van der Waals surface area contributed by atoms with Crippen LogP contribution in [0.2, 0.25) is 0 Å². The maximum Gasteiger partial charge on any atom is 0.0114 e. The van der Waals surface area contributed by atoms with Gasteiger partial charge in [0.2, 0.25) is 0 Å². The van der Waals surface area contributed by atoms with Crippen LogP contribution in [0.5, 0.6) is 0 Å². The van der Waals surface area contributed by atoms with Crippen LogP contribution in [-0.4, -0.2) is 6.54 Å². The maximum atomic E-state index is 5.83. The van der Waals surface area contributed by atoms with Gasteiger partial charge in [0.15, 0.2) is 0 Å². The van der Waals surface area contributed by atoms with Gasteiger partial charge in [-0.2, -0.15) is 0 Å². The van der Waals surface area contributed by atoms with Crippen LogP contribution in [0, 0.1) is 20.8 Å². The van der Waals surface area contributed by atoms with E-state index in [4.69, 9.17) is 5.73 Å². The summed E-state index contributed by atoms with van der Waals surface area (Å²) in [6.45, 7) is 7.34. The van der Waals surface area contributed by atoms with Crippen LogP contribution in [-0.2, 0) is 0 Å². The molecule has 98 valence electrons. The number of fused-ring (bicyclic) bond motifs is 3. The number of rotatable bonds is 2. The lowest BCUT2D eigenvalue weighted by molar-refractivity contribution is 0.740. The van der Waals surface area contributed by atoms with Gasteiger partial charge in [0.25, 0.3) is 0 Å². The number of hydrogen-bond donors (Lipinski definition) is 1. The number of aryl methyl sites for hydroxylation is 2. The summed E-state index contributed by atoms with van der Waals surface area (Å²) >= 11 is 0. The molecule has 0 aliphatic heterocycles. The summed E-state index contributed by atoms with van der Waals surface area (Å²) in [7, 11) is 0. The maximum absolute atomic E-state index is 5.83. The normalized spacial score (nSPS) is 16.3. The highest BCUT2D eigenvalue weighted by molar-refractivity contribution is 5.82. The van der Waals surface area contributed by atoms with Crippen molar-refractivity contribution in [2.75, 3.05) is 6.54 Å². The van der Waals surface area contributed by atoms with Gasteiger partial charge in [-0.3, -0.25) is 0 Å². The minimum Gasteiger partial charge on any atom is -0.330 e. The first-order chi connectivity index (χ1) is 9.13. The largest absolute Gasteiger partial charge is 0.330 e. The summed E-state index contributed by atoms with van der Waals surface area (Å²) in [4.78, 5) is 0. The van der Waals surface area contributed by atoms with Gasteiger partial charge < -0.3 is 5.73 Å². The molecule has 1 nitrogen and oxygen atoms in total. The van der Waals surface area contributed by atoms with Crippen molar-refractivity contribution >= 4 is 0 Å². The predicted octanol–water partition coefficient (Wildman–Crippen LogP) is 4.07. The molecule has 0 saturated heterocycles. The van der Waals surface area contributed by atoms with Crippen molar-refractivity contribution in [3.05, 3.63) is 58.1 Å². The minimum absolute atomic E-state index is 0.481. The molecule has 2 aromatic rings. The fourth-order valence-electron chi connectivity index (χ4n) is 3.33. The number of hydrogen-bond acceptors (Lipinski definition) is 1. The molecule has 1 aliphatic rings. The lowest BCUT2D eigenvalue weighted by Gasteiger charge is -2.13. The molecule has 0 fully saturated rings. The van der Waals surface area contributed by atoms with E-state index in [2.05, 4.69) is 51.1 Å². The van der Waals surface area contributed by atoms with Crippen LogP contribution in [0.4, 0.5) is 0 Å². The lowest BCUT2D eigenvalue weighted by Crippen LogP contribution is -2.06.